The van der Waals surface area contributed by atoms with E-state index in [0.717, 1.165) is 24.5 Å². The minimum Gasteiger partial charge on any atom is -0.479 e. The van der Waals surface area contributed by atoms with Crippen LogP contribution in [0.3, 0.4) is 0 Å². The highest BCUT2D eigenvalue weighted by Gasteiger charge is 2.85. The number of benzene rings is 1. The predicted octanol–water partition coefficient (Wildman–Crippen LogP) is 2.64. The van der Waals surface area contributed by atoms with Gasteiger partial charge in [-0.1, -0.05) is 76.6 Å². The molecule has 0 amide bonds. The van der Waals surface area contributed by atoms with Gasteiger partial charge in [-0.25, -0.2) is 19.2 Å². The predicted molar refractivity (Wildman–Crippen MR) is 166 cm³/mol. The van der Waals surface area contributed by atoms with Gasteiger partial charge >= 0.3 is 29.8 Å². The van der Waals surface area contributed by atoms with Crippen LogP contribution in [0.5, 0.6) is 0 Å². The smallest absolute Gasteiger partial charge is 0.344 e. The van der Waals surface area contributed by atoms with Crippen molar-refractivity contribution < 1.29 is 68.5 Å². The standard InChI is InChI=1S/C34H44O14/c1-6-7-11-19(2)14-15-24(36)46-27-26(37)32(47-28(29(38)39)33(44,30(40)41)34(27,48-32)31(42)43)17-16-20(3)25(45-22(5)35)21(4)18-23-12-9-8-10-13-23/h8-10,12-15,19,21,25-28,37,44H,3,6-7,11,16-18H2,1-2,4-5H3,(H,38,39)(H,40,41)(H,42,43)/t19-,21-,25-,26-,27-,28-,32+,33-,34+/m1/s1. The largest absolute Gasteiger partial charge is 0.479 e. The summed E-state index contributed by atoms with van der Waals surface area (Å²) < 4.78 is 22.0. The highest BCUT2D eigenvalue weighted by molar-refractivity contribution is 5.98. The molecule has 0 unspecified atom stereocenters. The van der Waals surface area contributed by atoms with E-state index in [1.165, 1.54) is 13.0 Å². The molecule has 264 valence electrons. The molecule has 9 atom stereocenters. The lowest BCUT2D eigenvalue weighted by Crippen LogP contribution is -2.78. The van der Waals surface area contributed by atoms with Crippen LogP contribution in [-0.4, -0.2) is 96.8 Å². The van der Waals surface area contributed by atoms with Gasteiger partial charge in [0.2, 0.25) is 23.1 Å². The SMILES string of the molecule is C=C(CC[C@]12O[C@H](C(=O)O)[C@@](O)(C(=O)O)[C@](C(=O)O)(O1)[C@H](OC(=O)C=C[C@H](C)CCCC)[C@H]2O)[C@@H](OC(C)=O)[C@H](C)Cc1ccccc1. The molecule has 2 saturated heterocycles. The summed E-state index contributed by atoms with van der Waals surface area (Å²) in [5, 5.41) is 53.4. The highest BCUT2D eigenvalue weighted by atomic mass is 16.8. The summed E-state index contributed by atoms with van der Waals surface area (Å²) in [6, 6.07) is 9.29. The van der Waals surface area contributed by atoms with Gasteiger partial charge in [0, 0.05) is 25.3 Å². The third-order valence-corrected chi connectivity index (χ3v) is 8.83. The van der Waals surface area contributed by atoms with Gasteiger partial charge in [-0.15, -0.1) is 0 Å². The van der Waals surface area contributed by atoms with Gasteiger partial charge in [0.15, 0.2) is 6.10 Å². The van der Waals surface area contributed by atoms with E-state index in [1.54, 1.807) is 6.92 Å². The molecule has 0 radical (unpaired) electrons. The van der Waals surface area contributed by atoms with Crippen LogP contribution in [0.4, 0.5) is 0 Å². The number of carboxylic acid groups (broad SMARTS) is 3. The van der Waals surface area contributed by atoms with E-state index in [2.05, 4.69) is 6.58 Å². The maximum Gasteiger partial charge on any atom is 0.344 e. The van der Waals surface area contributed by atoms with E-state index >= 15 is 0 Å². The number of aliphatic hydroxyl groups excluding tert-OH is 1. The zero-order chi connectivity index (χ0) is 36.0. The van der Waals surface area contributed by atoms with Crippen molar-refractivity contribution in [3.05, 3.63) is 60.2 Å². The maximum absolute atomic E-state index is 12.9. The second-order valence-electron chi connectivity index (χ2n) is 12.5. The fourth-order valence-corrected chi connectivity index (χ4v) is 6.33. The Kier molecular flexibility index (Phi) is 12.3. The van der Waals surface area contributed by atoms with Crippen LogP contribution in [0.15, 0.2) is 54.6 Å². The first-order valence-electron chi connectivity index (χ1n) is 15.7. The number of esters is 2. The number of hydrogen-bond acceptors (Lipinski definition) is 11. The van der Waals surface area contributed by atoms with Crippen molar-refractivity contribution in [2.75, 3.05) is 0 Å². The summed E-state index contributed by atoms with van der Waals surface area (Å²) in [5.41, 5.74) is -6.26. The van der Waals surface area contributed by atoms with Crippen molar-refractivity contribution in [3.63, 3.8) is 0 Å². The fourth-order valence-electron chi connectivity index (χ4n) is 6.33. The third-order valence-electron chi connectivity index (χ3n) is 8.83. The van der Waals surface area contributed by atoms with E-state index in [0.29, 0.717) is 12.8 Å². The van der Waals surface area contributed by atoms with Crippen LogP contribution in [0.2, 0.25) is 0 Å². The molecule has 2 fully saturated rings. The number of carboxylic acids is 3. The molecule has 2 aliphatic rings. The highest BCUT2D eigenvalue weighted by Crippen LogP contribution is 2.56. The number of unbranched alkanes of at least 4 members (excludes halogenated alkanes) is 1. The molecule has 1 aromatic carbocycles. The first kappa shape index (κ1) is 38.3. The Labute approximate surface area is 277 Å². The second-order valence-corrected chi connectivity index (χ2v) is 12.5. The Morgan fingerprint density at radius 2 is 1.71 bits per heavy atom. The van der Waals surface area contributed by atoms with Gasteiger partial charge < -0.3 is 44.5 Å². The monoisotopic (exact) mass is 676 g/mol. The molecule has 5 N–H and O–H groups in total. The van der Waals surface area contributed by atoms with Gasteiger partial charge in [-0.2, -0.15) is 0 Å². The number of carbonyl (C=O) groups is 5. The fraction of sp³-hybridized carbons (Fsp3) is 0.559. The summed E-state index contributed by atoms with van der Waals surface area (Å²) in [6.45, 7) is 10.8. The van der Waals surface area contributed by atoms with Crippen LogP contribution in [0.1, 0.15) is 65.4 Å². The molecule has 3 rings (SSSR count). The first-order chi connectivity index (χ1) is 22.5. The normalized spacial score (nSPS) is 29.8. The Bertz CT molecular complexity index is 1410. The number of ether oxygens (including phenoxy) is 4. The van der Waals surface area contributed by atoms with Crippen LogP contribution >= 0.6 is 0 Å². The van der Waals surface area contributed by atoms with Crippen LogP contribution in [-0.2, 0) is 49.3 Å². The summed E-state index contributed by atoms with van der Waals surface area (Å²) in [5.74, 6) is -11.6. The average Bonchev–Trinajstić information content (AvgIpc) is 3.24. The van der Waals surface area contributed by atoms with Crippen LogP contribution in [0, 0.1) is 11.8 Å². The van der Waals surface area contributed by atoms with E-state index in [9.17, 15) is 49.5 Å². The van der Waals surface area contributed by atoms with Crippen molar-refractivity contribution in [1.82, 2.24) is 0 Å². The van der Waals surface area contributed by atoms with Gasteiger partial charge in [-0.3, -0.25) is 4.79 Å². The molecule has 2 aliphatic heterocycles. The maximum atomic E-state index is 12.9. The van der Waals surface area contributed by atoms with Crippen molar-refractivity contribution in [2.24, 2.45) is 11.8 Å². The number of hydrogen-bond donors (Lipinski definition) is 5. The minimum absolute atomic E-state index is 0.0996. The lowest BCUT2D eigenvalue weighted by atomic mass is 9.74. The molecule has 2 heterocycles. The minimum atomic E-state index is -3.89. The van der Waals surface area contributed by atoms with Crippen LogP contribution in [0.25, 0.3) is 0 Å². The summed E-state index contributed by atoms with van der Waals surface area (Å²) in [7, 11) is 0. The van der Waals surface area contributed by atoms with Gasteiger partial charge in [0.25, 0.3) is 0 Å². The zero-order valence-corrected chi connectivity index (χ0v) is 27.4. The first-order valence-corrected chi connectivity index (χ1v) is 15.7. The molecule has 48 heavy (non-hydrogen) atoms. The number of aliphatic hydroxyl groups is 2. The van der Waals surface area contributed by atoms with Crippen molar-refractivity contribution in [1.29, 1.82) is 0 Å². The topological polar surface area (TPSA) is 223 Å². The Hall–Kier alpha value is -4.11. The molecule has 0 aromatic heterocycles. The molecule has 2 bridgehead atoms. The van der Waals surface area contributed by atoms with Gasteiger partial charge in [-0.05, 0) is 36.3 Å². The van der Waals surface area contributed by atoms with Gasteiger partial charge in [0.1, 0.15) is 12.2 Å². The van der Waals surface area contributed by atoms with Crippen LogP contribution < -0.4 is 0 Å². The average molecular weight is 677 g/mol. The van der Waals surface area contributed by atoms with E-state index < -0.39 is 77.7 Å². The Morgan fingerprint density at radius 1 is 1.06 bits per heavy atom. The number of carbonyl (C=O) groups excluding carboxylic acids is 2. The lowest BCUT2D eigenvalue weighted by Gasteiger charge is -2.48. The van der Waals surface area contributed by atoms with E-state index in [-0.39, 0.29) is 23.8 Å². The molecule has 0 saturated carbocycles. The van der Waals surface area contributed by atoms with Crippen molar-refractivity contribution in [3.8, 4) is 0 Å². The summed E-state index contributed by atoms with van der Waals surface area (Å²) >= 11 is 0. The Balaban J connectivity index is 2.02. The molecule has 1 aromatic rings. The van der Waals surface area contributed by atoms with E-state index in [1.807, 2.05) is 44.2 Å². The van der Waals surface area contributed by atoms with Crippen molar-refractivity contribution >= 4 is 29.8 Å². The second kappa shape index (κ2) is 15.4. The van der Waals surface area contributed by atoms with Crippen molar-refractivity contribution in [2.45, 2.75) is 108 Å². The lowest BCUT2D eigenvalue weighted by molar-refractivity contribution is -0.374. The molecule has 14 heteroatoms. The van der Waals surface area contributed by atoms with E-state index in [4.69, 9.17) is 18.9 Å². The quantitative estimate of drug-likeness (QED) is 0.0909. The molecule has 0 aliphatic carbocycles. The zero-order valence-electron chi connectivity index (χ0n) is 27.4. The number of allylic oxidation sites excluding steroid dienone is 1. The number of aliphatic carboxylic acids is 3. The number of fused-ring (bicyclic) bond motifs is 2. The molecule has 14 nitrogen and oxygen atoms in total. The molecular weight excluding hydrogens is 632 g/mol. The third kappa shape index (κ3) is 7.46. The van der Waals surface area contributed by atoms with Gasteiger partial charge in [0.05, 0.1) is 0 Å². The number of rotatable bonds is 17. The molecule has 0 spiro atoms. The Morgan fingerprint density at radius 3 is 2.25 bits per heavy atom. The molecular formula is C34H44O14. The summed E-state index contributed by atoms with van der Waals surface area (Å²) in [6.07, 6.45) is -3.95. The summed E-state index contributed by atoms with van der Waals surface area (Å²) in [4.78, 5) is 62.8.